The molecule has 0 radical (unpaired) electrons. The van der Waals surface area contributed by atoms with Crippen LogP contribution in [0, 0.1) is 24.2 Å². The maximum atomic E-state index is 9.37. The lowest BCUT2D eigenvalue weighted by molar-refractivity contribution is 0.287. The van der Waals surface area contributed by atoms with E-state index in [1.807, 2.05) is 24.3 Å². The van der Waals surface area contributed by atoms with E-state index in [1.165, 1.54) is 36.8 Å². The number of hydrogen-bond acceptors (Lipinski definition) is 2. The molecule has 1 aromatic heterocycles. The van der Waals surface area contributed by atoms with Gasteiger partial charge in [0.15, 0.2) is 0 Å². The monoisotopic (exact) mass is 343 g/mol. The second-order valence-electron chi connectivity index (χ2n) is 7.74. The Bertz CT molecular complexity index is 1010. The predicted octanol–water partition coefficient (Wildman–Crippen LogP) is 5.82. The molecule has 2 unspecified atom stereocenters. The second-order valence-corrected chi connectivity index (χ2v) is 7.74. The molecule has 0 aliphatic heterocycles. The molecule has 3 nitrogen and oxygen atoms in total. The minimum Gasteiger partial charge on any atom is -0.398 e. The quantitative estimate of drug-likeness (QED) is 0.596. The van der Waals surface area contributed by atoms with Crippen molar-refractivity contribution in [2.45, 2.75) is 45.6 Å². The Kier molecular flexibility index (Phi) is 4.20. The molecule has 1 saturated carbocycles. The summed E-state index contributed by atoms with van der Waals surface area (Å²) in [7, 11) is 0. The lowest BCUT2D eigenvalue weighted by Gasteiger charge is -2.28. The smallest absolute Gasteiger partial charge is 0.0991 e. The maximum absolute atomic E-state index is 9.37. The molecule has 2 aromatic carbocycles. The average Bonchev–Trinajstić information content (AvgIpc) is 3.02. The third-order valence-electron chi connectivity index (χ3n) is 5.93. The number of hydrogen-bond donors (Lipinski definition) is 1. The van der Waals surface area contributed by atoms with Crippen LogP contribution >= 0.6 is 0 Å². The number of rotatable bonds is 2. The highest BCUT2D eigenvalue weighted by Gasteiger charge is 2.23. The van der Waals surface area contributed by atoms with Gasteiger partial charge in [-0.25, -0.2) is 0 Å². The van der Waals surface area contributed by atoms with Crippen molar-refractivity contribution < 1.29 is 0 Å². The number of nitrogens with two attached hydrogens (primary N) is 1. The van der Waals surface area contributed by atoms with Crippen LogP contribution in [0.5, 0.6) is 0 Å². The van der Waals surface area contributed by atoms with Crippen LogP contribution in [0.15, 0.2) is 42.6 Å². The van der Waals surface area contributed by atoms with E-state index in [0.717, 1.165) is 28.1 Å². The van der Waals surface area contributed by atoms with Gasteiger partial charge in [0.05, 0.1) is 11.6 Å². The van der Waals surface area contributed by atoms with Gasteiger partial charge >= 0.3 is 0 Å². The fourth-order valence-corrected chi connectivity index (χ4v) is 4.44. The minimum absolute atomic E-state index is 0.532. The Balaban J connectivity index is 1.95. The van der Waals surface area contributed by atoms with Crippen LogP contribution in [0.25, 0.3) is 22.0 Å². The molecule has 132 valence electrons. The minimum atomic E-state index is 0.532. The second kappa shape index (κ2) is 6.53. The van der Waals surface area contributed by atoms with Crippen molar-refractivity contribution in [3.05, 3.63) is 53.7 Å². The Morgan fingerprint density at radius 2 is 2.00 bits per heavy atom. The number of fused-ring (bicyclic) bond motifs is 1. The summed E-state index contributed by atoms with van der Waals surface area (Å²) in [6, 6.07) is 15.0. The number of benzene rings is 2. The topological polar surface area (TPSA) is 54.7 Å². The van der Waals surface area contributed by atoms with Crippen LogP contribution in [0.2, 0.25) is 0 Å². The van der Waals surface area contributed by atoms with Gasteiger partial charge < -0.3 is 10.3 Å². The van der Waals surface area contributed by atoms with Crippen LogP contribution < -0.4 is 5.73 Å². The summed E-state index contributed by atoms with van der Waals surface area (Å²) < 4.78 is 2.45. The third-order valence-corrected chi connectivity index (χ3v) is 5.93. The van der Waals surface area contributed by atoms with Crippen molar-refractivity contribution in [3.8, 4) is 17.2 Å². The van der Waals surface area contributed by atoms with E-state index in [2.05, 4.69) is 42.8 Å². The highest BCUT2D eigenvalue weighted by Crippen LogP contribution is 2.40. The molecule has 1 aliphatic rings. The van der Waals surface area contributed by atoms with Gasteiger partial charge in [0.25, 0.3) is 0 Å². The number of aromatic nitrogens is 1. The molecule has 1 heterocycles. The molecule has 26 heavy (non-hydrogen) atoms. The fraction of sp³-hybridized carbons (Fsp3) is 0.348. The molecule has 2 atom stereocenters. The van der Waals surface area contributed by atoms with E-state index in [-0.39, 0.29) is 0 Å². The van der Waals surface area contributed by atoms with Gasteiger partial charge in [-0.2, -0.15) is 5.26 Å². The first-order chi connectivity index (χ1) is 12.6. The summed E-state index contributed by atoms with van der Waals surface area (Å²) in [5.41, 5.74) is 12.3. The van der Waals surface area contributed by atoms with Crippen molar-refractivity contribution in [2.75, 3.05) is 5.73 Å². The van der Waals surface area contributed by atoms with Gasteiger partial charge in [-0.05, 0) is 61.1 Å². The van der Waals surface area contributed by atoms with Gasteiger partial charge in [0.2, 0.25) is 0 Å². The van der Waals surface area contributed by atoms with E-state index in [4.69, 9.17) is 5.73 Å². The SMILES string of the molecule is Cc1c(N)cccc1-c1cn(C2CCCC(C)C2)c2ccc(C#N)cc12. The summed E-state index contributed by atoms with van der Waals surface area (Å²) in [6.07, 6.45) is 7.35. The average molecular weight is 343 g/mol. The van der Waals surface area contributed by atoms with Crippen LogP contribution in [-0.2, 0) is 0 Å². The molecule has 1 aliphatic carbocycles. The van der Waals surface area contributed by atoms with Crippen LogP contribution in [0.4, 0.5) is 5.69 Å². The van der Waals surface area contributed by atoms with Gasteiger partial charge in [-0.3, -0.25) is 0 Å². The summed E-state index contributed by atoms with van der Waals surface area (Å²) in [6.45, 7) is 4.43. The van der Waals surface area contributed by atoms with Crippen molar-refractivity contribution >= 4 is 16.6 Å². The van der Waals surface area contributed by atoms with Crippen LogP contribution in [0.1, 0.15) is 49.8 Å². The summed E-state index contributed by atoms with van der Waals surface area (Å²) in [5, 5.41) is 10.5. The molecule has 0 saturated heterocycles. The molecule has 0 amide bonds. The Morgan fingerprint density at radius 3 is 2.77 bits per heavy atom. The van der Waals surface area contributed by atoms with E-state index in [0.29, 0.717) is 11.6 Å². The van der Waals surface area contributed by atoms with Crippen LogP contribution in [0.3, 0.4) is 0 Å². The van der Waals surface area contributed by atoms with Gasteiger partial charge in [-0.15, -0.1) is 0 Å². The fourth-order valence-electron chi connectivity index (χ4n) is 4.44. The standard InChI is InChI=1S/C23H25N3/c1-15-5-3-6-18(11-15)26-14-21(19-7-4-8-22(25)16(19)2)20-12-17(13-24)9-10-23(20)26/h4,7-10,12,14-15,18H,3,5-6,11,25H2,1-2H3. The molecular weight excluding hydrogens is 318 g/mol. The molecule has 0 bridgehead atoms. The maximum Gasteiger partial charge on any atom is 0.0991 e. The highest BCUT2D eigenvalue weighted by molar-refractivity contribution is 5.98. The van der Waals surface area contributed by atoms with Gasteiger partial charge in [0.1, 0.15) is 0 Å². The predicted molar refractivity (Wildman–Crippen MR) is 108 cm³/mol. The largest absolute Gasteiger partial charge is 0.398 e. The molecular formula is C23H25N3. The third kappa shape index (κ3) is 2.76. The van der Waals surface area contributed by atoms with Crippen LogP contribution in [-0.4, -0.2) is 4.57 Å². The van der Waals surface area contributed by atoms with Crippen molar-refractivity contribution in [1.29, 1.82) is 5.26 Å². The molecule has 1 fully saturated rings. The lowest BCUT2D eigenvalue weighted by atomic mass is 9.87. The van der Waals surface area contributed by atoms with Gasteiger partial charge in [-0.1, -0.05) is 31.9 Å². The molecule has 4 rings (SSSR count). The first-order valence-corrected chi connectivity index (χ1v) is 9.48. The highest BCUT2D eigenvalue weighted by atomic mass is 15.0. The zero-order chi connectivity index (χ0) is 18.3. The molecule has 2 N–H and O–H groups in total. The van der Waals surface area contributed by atoms with E-state index in [1.54, 1.807) is 0 Å². The molecule has 0 spiro atoms. The Hall–Kier alpha value is -2.73. The van der Waals surface area contributed by atoms with Crippen molar-refractivity contribution in [1.82, 2.24) is 4.57 Å². The summed E-state index contributed by atoms with van der Waals surface area (Å²) in [5.74, 6) is 0.766. The normalized spacial score (nSPS) is 20.2. The number of anilines is 1. The van der Waals surface area contributed by atoms with Gasteiger partial charge in [0, 0.05) is 34.4 Å². The van der Waals surface area contributed by atoms with Crippen molar-refractivity contribution in [2.24, 2.45) is 5.92 Å². The first kappa shape index (κ1) is 16.7. The molecule has 3 heteroatoms. The van der Waals surface area contributed by atoms with E-state index < -0.39 is 0 Å². The zero-order valence-electron chi connectivity index (χ0n) is 15.5. The van der Waals surface area contributed by atoms with Crippen molar-refractivity contribution in [3.63, 3.8) is 0 Å². The van der Waals surface area contributed by atoms with E-state index in [9.17, 15) is 5.26 Å². The Morgan fingerprint density at radius 1 is 1.15 bits per heavy atom. The molecule has 3 aromatic rings. The lowest BCUT2D eigenvalue weighted by Crippen LogP contribution is -2.16. The zero-order valence-corrected chi connectivity index (χ0v) is 15.5. The number of nitrogens with zero attached hydrogens (tertiary/aromatic N) is 2. The van der Waals surface area contributed by atoms with E-state index >= 15 is 0 Å². The summed E-state index contributed by atoms with van der Waals surface area (Å²) >= 11 is 0. The number of nitrogen functional groups attached to an aromatic ring is 1. The number of nitriles is 1. The Labute approximate surface area is 155 Å². The first-order valence-electron chi connectivity index (χ1n) is 9.48. The summed E-state index contributed by atoms with van der Waals surface area (Å²) in [4.78, 5) is 0.